The largest absolute Gasteiger partial charge is 0.490 e. The van der Waals surface area contributed by atoms with E-state index in [1.165, 1.54) is 0 Å². The molecule has 0 unspecified atom stereocenters. The van der Waals surface area contributed by atoms with Gasteiger partial charge in [-0.05, 0) is 51.5 Å². The smallest absolute Gasteiger partial charge is 0.246 e. The second-order valence-corrected chi connectivity index (χ2v) is 4.42. The summed E-state index contributed by atoms with van der Waals surface area (Å²) >= 11 is 0. The average Bonchev–Trinajstić information content (AvgIpc) is 2.49. The highest BCUT2D eigenvalue weighted by Crippen LogP contribution is 2.29. The Morgan fingerprint density at radius 3 is 2.24 bits per heavy atom. The number of amides is 1. The molecule has 0 saturated carbocycles. The van der Waals surface area contributed by atoms with Crippen LogP contribution < -0.4 is 9.47 Å². The summed E-state index contributed by atoms with van der Waals surface area (Å²) < 4.78 is 11.1. The molecule has 116 valence electrons. The monoisotopic (exact) mass is 291 g/mol. The summed E-state index contributed by atoms with van der Waals surface area (Å²) in [7, 11) is 0. The molecule has 0 heterocycles. The van der Waals surface area contributed by atoms with Gasteiger partial charge in [-0.3, -0.25) is 4.79 Å². The van der Waals surface area contributed by atoms with Gasteiger partial charge in [0.1, 0.15) is 0 Å². The van der Waals surface area contributed by atoms with Crippen LogP contribution in [0, 0.1) is 0 Å². The molecule has 0 aliphatic rings. The minimum atomic E-state index is 0.0202. The van der Waals surface area contributed by atoms with Gasteiger partial charge in [-0.25, -0.2) is 0 Å². The summed E-state index contributed by atoms with van der Waals surface area (Å²) in [6.45, 7) is 10.4. The van der Waals surface area contributed by atoms with Gasteiger partial charge in [-0.1, -0.05) is 6.07 Å². The molecule has 0 bridgehead atoms. The topological polar surface area (TPSA) is 38.8 Å². The lowest BCUT2D eigenvalue weighted by atomic mass is 10.2. The number of carbonyl (C=O) groups is 1. The number of carbonyl (C=O) groups excluding carboxylic acids is 1. The lowest BCUT2D eigenvalue weighted by molar-refractivity contribution is -0.125. The third kappa shape index (κ3) is 5.14. The fraction of sp³-hybridized carbons (Fsp3) is 0.471. The molecule has 0 aliphatic carbocycles. The van der Waals surface area contributed by atoms with E-state index in [1.807, 2.05) is 45.9 Å². The van der Waals surface area contributed by atoms with Gasteiger partial charge >= 0.3 is 0 Å². The third-order valence-corrected chi connectivity index (χ3v) is 3.06. The molecule has 0 fully saturated rings. The summed E-state index contributed by atoms with van der Waals surface area (Å²) in [6, 6.07) is 5.68. The number of rotatable bonds is 8. The van der Waals surface area contributed by atoms with Crippen molar-refractivity contribution < 1.29 is 14.3 Å². The number of benzene rings is 1. The van der Waals surface area contributed by atoms with Crippen molar-refractivity contribution in [2.24, 2.45) is 0 Å². The van der Waals surface area contributed by atoms with Gasteiger partial charge in [-0.2, -0.15) is 0 Å². The maximum absolute atomic E-state index is 11.9. The van der Waals surface area contributed by atoms with Gasteiger partial charge < -0.3 is 14.4 Å². The van der Waals surface area contributed by atoms with E-state index in [9.17, 15) is 4.79 Å². The van der Waals surface area contributed by atoms with Crippen LogP contribution in [0.3, 0.4) is 0 Å². The summed E-state index contributed by atoms with van der Waals surface area (Å²) in [4.78, 5) is 13.7. The molecule has 0 atom stereocenters. The van der Waals surface area contributed by atoms with Crippen molar-refractivity contribution in [1.82, 2.24) is 4.90 Å². The van der Waals surface area contributed by atoms with Crippen molar-refractivity contribution in [1.29, 1.82) is 0 Å². The van der Waals surface area contributed by atoms with Crippen LogP contribution in [0.1, 0.15) is 33.3 Å². The fourth-order valence-corrected chi connectivity index (χ4v) is 1.98. The van der Waals surface area contributed by atoms with E-state index < -0.39 is 0 Å². The second kappa shape index (κ2) is 9.06. The molecule has 1 aromatic carbocycles. The maximum atomic E-state index is 11.9. The van der Waals surface area contributed by atoms with E-state index in [1.54, 1.807) is 17.1 Å². The van der Waals surface area contributed by atoms with Crippen molar-refractivity contribution in [3.8, 4) is 11.5 Å². The van der Waals surface area contributed by atoms with Crippen LogP contribution in [0.5, 0.6) is 11.5 Å². The first-order valence-electron chi connectivity index (χ1n) is 7.52. The predicted octanol–water partition coefficient (Wildman–Crippen LogP) is 3.37. The van der Waals surface area contributed by atoms with Crippen LogP contribution in [-0.2, 0) is 4.79 Å². The number of likely N-dealkylation sites (N-methyl/N-ethyl adjacent to an activating group) is 1. The predicted molar refractivity (Wildman–Crippen MR) is 85.7 cm³/mol. The molecule has 1 aromatic rings. The number of ether oxygens (including phenoxy) is 2. The van der Waals surface area contributed by atoms with Crippen LogP contribution in [-0.4, -0.2) is 37.1 Å². The quantitative estimate of drug-likeness (QED) is 0.689. The lowest BCUT2D eigenvalue weighted by Crippen LogP contribution is -2.28. The van der Waals surface area contributed by atoms with Gasteiger partial charge in [0.15, 0.2) is 11.5 Å². The molecule has 0 N–H and O–H groups in total. The van der Waals surface area contributed by atoms with E-state index in [2.05, 4.69) is 0 Å². The van der Waals surface area contributed by atoms with Crippen LogP contribution in [0.25, 0.3) is 6.08 Å². The number of hydrogen-bond donors (Lipinski definition) is 0. The minimum absolute atomic E-state index is 0.0202. The molecule has 0 aliphatic heterocycles. The Labute approximate surface area is 127 Å². The molecule has 1 amide bonds. The normalized spacial score (nSPS) is 10.7. The molecular weight excluding hydrogens is 266 g/mol. The Morgan fingerprint density at radius 2 is 1.67 bits per heavy atom. The van der Waals surface area contributed by atoms with Crippen LogP contribution >= 0.6 is 0 Å². The van der Waals surface area contributed by atoms with E-state index in [0.29, 0.717) is 32.1 Å². The van der Waals surface area contributed by atoms with E-state index in [0.717, 1.165) is 11.3 Å². The van der Waals surface area contributed by atoms with E-state index >= 15 is 0 Å². The zero-order valence-electron chi connectivity index (χ0n) is 13.4. The first-order valence-corrected chi connectivity index (χ1v) is 7.52. The number of nitrogens with zero attached hydrogens (tertiary/aromatic N) is 1. The maximum Gasteiger partial charge on any atom is 0.246 e. The van der Waals surface area contributed by atoms with Crippen molar-refractivity contribution in [2.75, 3.05) is 26.3 Å². The summed E-state index contributed by atoms with van der Waals surface area (Å²) in [6.07, 6.45) is 3.40. The SMILES string of the molecule is CCOc1ccc(/C=C/C(=O)N(CC)CC)cc1OCC. The molecule has 4 heteroatoms. The van der Waals surface area contributed by atoms with Crippen molar-refractivity contribution in [3.63, 3.8) is 0 Å². The van der Waals surface area contributed by atoms with Crippen molar-refractivity contribution >= 4 is 12.0 Å². The van der Waals surface area contributed by atoms with Crippen molar-refractivity contribution in [2.45, 2.75) is 27.7 Å². The van der Waals surface area contributed by atoms with Crippen LogP contribution in [0.4, 0.5) is 0 Å². The second-order valence-electron chi connectivity index (χ2n) is 4.42. The Kier molecular flexibility index (Phi) is 7.37. The molecule has 4 nitrogen and oxygen atoms in total. The standard InChI is InChI=1S/C17H25NO3/c1-5-18(6-2)17(19)12-10-14-9-11-15(20-7-3)16(13-14)21-8-4/h9-13H,5-8H2,1-4H3/b12-10+. The zero-order valence-corrected chi connectivity index (χ0v) is 13.4. The van der Waals surface area contributed by atoms with Gasteiger partial charge in [-0.15, -0.1) is 0 Å². The Morgan fingerprint density at radius 1 is 1.05 bits per heavy atom. The van der Waals surface area contributed by atoms with Gasteiger partial charge in [0.2, 0.25) is 5.91 Å². The summed E-state index contributed by atoms with van der Waals surface area (Å²) in [5.41, 5.74) is 0.919. The van der Waals surface area contributed by atoms with E-state index in [-0.39, 0.29) is 5.91 Å². The van der Waals surface area contributed by atoms with Crippen molar-refractivity contribution in [3.05, 3.63) is 29.8 Å². The van der Waals surface area contributed by atoms with Crippen LogP contribution in [0.2, 0.25) is 0 Å². The average molecular weight is 291 g/mol. The van der Waals surface area contributed by atoms with Gasteiger partial charge in [0.25, 0.3) is 0 Å². The fourth-order valence-electron chi connectivity index (χ4n) is 1.98. The lowest BCUT2D eigenvalue weighted by Gasteiger charge is -2.16. The molecular formula is C17H25NO3. The molecule has 0 radical (unpaired) electrons. The molecule has 0 aromatic heterocycles. The van der Waals surface area contributed by atoms with E-state index in [4.69, 9.17) is 9.47 Å². The summed E-state index contributed by atoms with van der Waals surface area (Å²) in [5.74, 6) is 1.45. The van der Waals surface area contributed by atoms with Gasteiger partial charge in [0.05, 0.1) is 13.2 Å². The molecule has 0 spiro atoms. The summed E-state index contributed by atoms with van der Waals surface area (Å²) in [5, 5.41) is 0. The third-order valence-electron chi connectivity index (χ3n) is 3.06. The molecule has 1 rings (SSSR count). The number of hydrogen-bond acceptors (Lipinski definition) is 3. The molecule has 0 saturated heterocycles. The Bertz CT molecular complexity index is 479. The highest BCUT2D eigenvalue weighted by atomic mass is 16.5. The first-order chi connectivity index (χ1) is 10.2. The van der Waals surface area contributed by atoms with Crippen LogP contribution in [0.15, 0.2) is 24.3 Å². The first kappa shape index (κ1) is 17.1. The highest BCUT2D eigenvalue weighted by molar-refractivity contribution is 5.91. The minimum Gasteiger partial charge on any atom is -0.490 e. The Hall–Kier alpha value is -1.97. The molecule has 21 heavy (non-hydrogen) atoms. The Balaban J connectivity index is 2.88. The zero-order chi connectivity index (χ0) is 15.7. The highest BCUT2D eigenvalue weighted by Gasteiger charge is 2.07. The van der Waals surface area contributed by atoms with Gasteiger partial charge in [0, 0.05) is 19.2 Å².